The van der Waals surface area contributed by atoms with Gasteiger partial charge in [0.2, 0.25) is 0 Å². The van der Waals surface area contributed by atoms with Crippen molar-refractivity contribution in [3.63, 3.8) is 0 Å². The maximum Gasteiger partial charge on any atom is 0.413 e. The maximum atomic E-state index is 17.3. The number of phenols is 1. The minimum atomic E-state index is -1.28. The zero-order valence-corrected chi connectivity index (χ0v) is 35.1. The summed E-state index contributed by atoms with van der Waals surface area (Å²) in [6.45, 7) is 3.57. The molecule has 5 atom stereocenters. The molecule has 0 radical (unpaired) electrons. The minimum Gasteiger partial charge on any atom is -0.508 e. The number of piperazine rings is 1. The van der Waals surface area contributed by atoms with Gasteiger partial charge in [-0.1, -0.05) is 55.3 Å². The van der Waals surface area contributed by atoms with Gasteiger partial charge in [0.15, 0.2) is 5.82 Å². The van der Waals surface area contributed by atoms with Crippen LogP contribution in [0, 0.1) is 24.0 Å². The van der Waals surface area contributed by atoms with Gasteiger partial charge in [0.1, 0.15) is 41.4 Å². The fraction of sp³-hybridized carbons (Fsp3) is 0.367. The molecule has 15 heteroatoms. The number of ether oxygens (including phenoxy) is 3. The number of hydrogen-bond donors (Lipinski definition) is 1. The molecule has 1 N–H and O–H groups in total. The largest absolute Gasteiger partial charge is 0.508 e. The standard InChI is InChI=1S/C49H45F3N6O6/c1-3-8-40(60)63-46(31-12-11-28-9-5-6-10-29(28)19-31)64-48(61)58-33-14-15-34(58)26-56(25-33)45-38-23-53-43(37-21-35(59)20-30-13-16-39(51)36(4-2)41(30)37)42(52)44(38)54-47(55-45)62-27-49-17-7-18-57(49)24-32(50)22-49/h2,5-6,9-13,16,19-21,23,32-34,46,59H,3,7-8,14-15,17-18,22,24-27H2,1H3/t32-,33?,34?,46?,49+/m1/s1. The van der Waals surface area contributed by atoms with Gasteiger partial charge in [-0.2, -0.15) is 9.97 Å². The quantitative estimate of drug-likeness (QED) is 0.0806. The molecule has 328 valence electrons. The average Bonchev–Trinajstić information content (AvgIpc) is 3.91. The number of alkyl halides is 1. The Kier molecular flexibility index (Phi) is 10.6. The molecule has 2 bridgehead atoms. The number of aromatic hydroxyl groups is 1. The highest BCUT2D eigenvalue weighted by atomic mass is 19.1. The lowest BCUT2D eigenvalue weighted by Crippen LogP contribution is -2.56. The SMILES string of the molecule is C#Cc1c(F)ccc2cc(O)cc(-c3ncc4c(N5CC6CCC(C5)N6C(=O)OC(OC(=O)CCC)c5ccc6ccccc6c5)nc(OC[C@@]56CCCN5C[C@H](F)C6)nc4c3F)c12. The first-order valence-corrected chi connectivity index (χ1v) is 21.7. The van der Waals surface area contributed by atoms with Crippen LogP contribution in [-0.4, -0.2) is 98.5 Å². The van der Waals surface area contributed by atoms with E-state index in [0.29, 0.717) is 49.0 Å². The molecule has 0 saturated carbocycles. The highest BCUT2D eigenvalue weighted by Crippen LogP contribution is 2.43. The van der Waals surface area contributed by atoms with Crippen molar-refractivity contribution in [3.8, 4) is 35.4 Å². The third kappa shape index (κ3) is 7.33. The molecule has 6 aromatic rings. The third-order valence-electron chi connectivity index (χ3n) is 13.3. The number of terminal acetylenes is 1. The number of phenolic OH excluding ortho intramolecular Hbond substituents is 1. The zero-order chi connectivity index (χ0) is 44.3. The van der Waals surface area contributed by atoms with Crippen LogP contribution in [-0.2, 0) is 14.3 Å². The average molecular weight is 871 g/mol. The lowest BCUT2D eigenvalue weighted by Gasteiger charge is -2.41. The molecule has 4 aliphatic heterocycles. The van der Waals surface area contributed by atoms with Crippen LogP contribution in [0.5, 0.6) is 11.8 Å². The van der Waals surface area contributed by atoms with Crippen LogP contribution in [0.4, 0.5) is 23.8 Å². The number of anilines is 1. The van der Waals surface area contributed by atoms with Crippen LogP contribution in [0.25, 0.3) is 43.7 Å². The van der Waals surface area contributed by atoms with E-state index >= 15 is 8.78 Å². The second kappa shape index (κ2) is 16.5. The number of amides is 1. The Hall–Kier alpha value is -6.66. The fourth-order valence-electron chi connectivity index (χ4n) is 10.3. The lowest BCUT2D eigenvalue weighted by atomic mass is 9.95. The van der Waals surface area contributed by atoms with Gasteiger partial charge in [0.25, 0.3) is 6.29 Å². The van der Waals surface area contributed by atoms with Gasteiger partial charge in [-0.15, -0.1) is 6.42 Å². The van der Waals surface area contributed by atoms with E-state index in [1.54, 1.807) is 11.0 Å². The Bertz CT molecular complexity index is 2880. The van der Waals surface area contributed by atoms with Crippen molar-refractivity contribution in [2.45, 2.75) is 82.0 Å². The number of hydrogen-bond acceptors (Lipinski definition) is 11. The van der Waals surface area contributed by atoms with Gasteiger partial charge >= 0.3 is 18.1 Å². The number of halogens is 3. The van der Waals surface area contributed by atoms with E-state index < -0.39 is 41.7 Å². The Morgan fingerprint density at radius 3 is 2.55 bits per heavy atom. The first kappa shape index (κ1) is 41.4. The Morgan fingerprint density at radius 1 is 0.984 bits per heavy atom. The maximum absolute atomic E-state index is 17.3. The van der Waals surface area contributed by atoms with E-state index in [1.807, 2.05) is 48.2 Å². The van der Waals surface area contributed by atoms with Crippen LogP contribution in [0.1, 0.15) is 69.3 Å². The van der Waals surface area contributed by atoms with Crippen LogP contribution >= 0.6 is 0 Å². The third-order valence-corrected chi connectivity index (χ3v) is 13.3. The van der Waals surface area contributed by atoms with Gasteiger partial charge in [0, 0.05) is 55.2 Å². The summed E-state index contributed by atoms with van der Waals surface area (Å²) in [6.07, 6.45) is 8.19. The molecule has 4 fully saturated rings. The van der Waals surface area contributed by atoms with Crippen molar-refractivity contribution in [1.82, 2.24) is 24.8 Å². The van der Waals surface area contributed by atoms with Crippen LogP contribution in [0.3, 0.4) is 0 Å². The van der Waals surface area contributed by atoms with E-state index in [1.165, 1.54) is 30.5 Å². The van der Waals surface area contributed by atoms with Crippen LogP contribution in [0.15, 0.2) is 72.9 Å². The molecule has 0 spiro atoms. The fourth-order valence-corrected chi connectivity index (χ4v) is 10.3. The molecule has 0 aliphatic carbocycles. The molecule has 4 aliphatic rings. The van der Waals surface area contributed by atoms with Crippen molar-refractivity contribution in [2.24, 2.45) is 0 Å². The van der Waals surface area contributed by atoms with Gasteiger partial charge in [-0.25, -0.2) is 18.0 Å². The topological polar surface area (TPSA) is 130 Å². The Morgan fingerprint density at radius 2 is 1.77 bits per heavy atom. The van der Waals surface area contributed by atoms with Crippen LogP contribution < -0.4 is 9.64 Å². The molecule has 10 rings (SSSR count). The Balaban J connectivity index is 0.996. The van der Waals surface area contributed by atoms with Gasteiger partial charge < -0.3 is 24.2 Å². The molecule has 12 nitrogen and oxygen atoms in total. The molecule has 6 heterocycles. The predicted octanol–water partition coefficient (Wildman–Crippen LogP) is 8.75. The number of carbonyl (C=O) groups excluding carboxylic acids is 2. The summed E-state index contributed by atoms with van der Waals surface area (Å²) >= 11 is 0. The molecule has 4 aromatic carbocycles. The number of carbonyl (C=O) groups is 2. The van der Waals surface area contributed by atoms with Crippen molar-refractivity contribution in [2.75, 3.05) is 37.7 Å². The van der Waals surface area contributed by atoms with Gasteiger partial charge in [-0.05, 0) is 79.1 Å². The molecular weight excluding hydrogens is 826 g/mol. The van der Waals surface area contributed by atoms with Crippen molar-refractivity contribution in [3.05, 3.63) is 95.7 Å². The number of nitrogens with zero attached hydrogens (tertiary/aromatic N) is 6. The van der Waals surface area contributed by atoms with E-state index in [9.17, 15) is 19.1 Å². The summed E-state index contributed by atoms with van der Waals surface area (Å²) in [5.41, 5.74) is -0.434. The van der Waals surface area contributed by atoms with Crippen molar-refractivity contribution in [1.29, 1.82) is 0 Å². The molecule has 2 aromatic heterocycles. The van der Waals surface area contributed by atoms with E-state index in [4.69, 9.17) is 25.6 Å². The summed E-state index contributed by atoms with van der Waals surface area (Å²) in [4.78, 5) is 46.7. The van der Waals surface area contributed by atoms with Crippen molar-refractivity contribution < 1.29 is 42.1 Å². The summed E-state index contributed by atoms with van der Waals surface area (Å²) in [5.74, 6) is 0.422. The summed E-state index contributed by atoms with van der Waals surface area (Å²) in [6, 6.07) is 17.7. The number of aromatic nitrogens is 3. The lowest BCUT2D eigenvalue weighted by molar-refractivity contribution is -0.171. The van der Waals surface area contributed by atoms with E-state index in [2.05, 4.69) is 20.8 Å². The summed E-state index contributed by atoms with van der Waals surface area (Å²) < 4.78 is 65.3. The Labute approximate surface area is 366 Å². The molecule has 3 unspecified atom stereocenters. The zero-order valence-electron chi connectivity index (χ0n) is 35.1. The van der Waals surface area contributed by atoms with Gasteiger partial charge in [0.05, 0.1) is 28.6 Å². The monoisotopic (exact) mass is 870 g/mol. The van der Waals surface area contributed by atoms with Crippen LogP contribution in [0.2, 0.25) is 0 Å². The molecular formula is C49H45F3N6O6. The molecule has 64 heavy (non-hydrogen) atoms. The van der Waals surface area contributed by atoms with E-state index in [-0.39, 0.29) is 83.1 Å². The van der Waals surface area contributed by atoms with Crippen molar-refractivity contribution >= 4 is 50.3 Å². The summed E-state index contributed by atoms with van der Waals surface area (Å²) in [5, 5.41) is 13.4. The number of esters is 1. The second-order valence-electron chi connectivity index (χ2n) is 17.3. The number of benzene rings is 4. The number of rotatable bonds is 10. The highest BCUT2D eigenvalue weighted by molar-refractivity contribution is 6.03. The predicted molar refractivity (Wildman–Crippen MR) is 233 cm³/mol. The molecule has 1 amide bonds. The normalized spacial score (nSPS) is 22.2. The molecule has 4 saturated heterocycles. The first-order chi connectivity index (χ1) is 31.0. The summed E-state index contributed by atoms with van der Waals surface area (Å²) in [7, 11) is 0. The smallest absolute Gasteiger partial charge is 0.413 e. The van der Waals surface area contributed by atoms with E-state index in [0.717, 1.165) is 30.2 Å². The number of pyridine rings is 1. The second-order valence-corrected chi connectivity index (χ2v) is 17.3. The van der Waals surface area contributed by atoms with Gasteiger partial charge in [-0.3, -0.25) is 19.6 Å². The minimum absolute atomic E-state index is 0.0671. The highest BCUT2D eigenvalue weighted by Gasteiger charge is 2.50. The number of fused-ring (bicyclic) bond motifs is 6. The first-order valence-electron chi connectivity index (χ1n) is 21.7.